The van der Waals surface area contributed by atoms with Gasteiger partial charge in [-0.2, -0.15) is 0 Å². The van der Waals surface area contributed by atoms with Gasteiger partial charge in [0.1, 0.15) is 5.84 Å². The van der Waals surface area contributed by atoms with E-state index in [4.69, 9.17) is 15.6 Å². The van der Waals surface area contributed by atoms with Gasteiger partial charge in [0.05, 0.1) is 5.52 Å². The van der Waals surface area contributed by atoms with E-state index in [1.165, 1.54) is 0 Å². The summed E-state index contributed by atoms with van der Waals surface area (Å²) >= 11 is 0. The standard InChI is InChI=1S/C23H19N3O3/c24-22(25)18-12-17(21-20(13-18)29-23(28)26-21)10-11-19(27)16-8-6-15(7-9-16)14-4-2-1-3-5-14/h1-9,12-13H,10-11H2,(H3,24,25)(H,26,28). The molecule has 0 amide bonds. The highest BCUT2D eigenvalue weighted by Gasteiger charge is 2.13. The summed E-state index contributed by atoms with van der Waals surface area (Å²) < 4.78 is 5.10. The second-order valence-corrected chi connectivity index (χ2v) is 6.80. The number of hydrogen-bond acceptors (Lipinski definition) is 4. The number of aryl methyl sites for hydroxylation is 1. The summed E-state index contributed by atoms with van der Waals surface area (Å²) in [6.45, 7) is 0. The van der Waals surface area contributed by atoms with Crippen LogP contribution in [0.1, 0.15) is 27.9 Å². The fraction of sp³-hybridized carbons (Fsp3) is 0.0870. The molecule has 0 aliphatic carbocycles. The van der Waals surface area contributed by atoms with Crippen LogP contribution in [0.4, 0.5) is 0 Å². The number of amidine groups is 1. The van der Waals surface area contributed by atoms with Crippen LogP contribution in [0.2, 0.25) is 0 Å². The number of nitrogens with one attached hydrogen (secondary N) is 2. The summed E-state index contributed by atoms with van der Waals surface area (Å²) in [5.74, 6) is -0.707. The molecule has 0 spiro atoms. The predicted molar refractivity (Wildman–Crippen MR) is 112 cm³/mol. The van der Waals surface area contributed by atoms with Crippen molar-refractivity contribution in [1.29, 1.82) is 5.41 Å². The van der Waals surface area contributed by atoms with Gasteiger partial charge >= 0.3 is 5.76 Å². The number of aromatic nitrogens is 1. The number of hydrogen-bond donors (Lipinski definition) is 3. The number of rotatable bonds is 6. The van der Waals surface area contributed by atoms with Gasteiger partial charge in [-0.25, -0.2) is 4.79 Å². The second kappa shape index (κ2) is 7.59. The van der Waals surface area contributed by atoms with Gasteiger partial charge in [0.15, 0.2) is 11.4 Å². The van der Waals surface area contributed by atoms with Gasteiger partial charge < -0.3 is 10.2 Å². The SMILES string of the molecule is N=C(N)c1cc(CCC(=O)c2ccc(-c3ccccc3)cc2)c2[nH]c(=O)oc2c1. The molecule has 0 atom stereocenters. The van der Waals surface area contributed by atoms with Crippen molar-refractivity contribution in [2.24, 2.45) is 5.73 Å². The average molecular weight is 385 g/mol. The molecule has 1 heterocycles. The van der Waals surface area contributed by atoms with E-state index >= 15 is 0 Å². The largest absolute Gasteiger partial charge is 0.417 e. The average Bonchev–Trinajstić information content (AvgIpc) is 3.12. The van der Waals surface area contributed by atoms with Crippen molar-refractivity contribution >= 4 is 22.7 Å². The van der Waals surface area contributed by atoms with Crippen molar-refractivity contribution in [2.75, 3.05) is 0 Å². The minimum Gasteiger partial charge on any atom is -0.408 e. The Hall–Kier alpha value is -3.93. The van der Waals surface area contributed by atoms with Crippen molar-refractivity contribution in [1.82, 2.24) is 4.98 Å². The Bertz CT molecular complexity index is 1250. The fourth-order valence-corrected chi connectivity index (χ4v) is 3.35. The van der Waals surface area contributed by atoms with Gasteiger partial charge in [0.25, 0.3) is 0 Å². The molecule has 4 aromatic rings. The molecule has 4 rings (SSSR count). The van der Waals surface area contributed by atoms with E-state index in [9.17, 15) is 9.59 Å². The zero-order valence-electron chi connectivity index (χ0n) is 15.6. The highest BCUT2D eigenvalue weighted by molar-refractivity contribution is 5.99. The van der Waals surface area contributed by atoms with Crippen LogP contribution in [-0.4, -0.2) is 16.6 Å². The maximum absolute atomic E-state index is 12.7. The predicted octanol–water partition coefficient (Wildman–Crippen LogP) is 3.89. The minimum absolute atomic E-state index is 0.00293. The first kappa shape index (κ1) is 18.4. The maximum Gasteiger partial charge on any atom is 0.417 e. The van der Waals surface area contributed by atoms with Crippen LogP contribution in [0.15, 0.2) is 75.9 Å². The molecule has 0 aliphatic heterocycles. The molecule has 0 unspecified atom stereocenters. The number of carbonyl (C=O) groups excluding carboxylic acids is 1. The van der Waals surface area contributed by atoms with Gasteiger partial charge in [-0.1, -0.05) is 54.6 Å². The van der Waals surface area contributed by atoms with Crippen LogP contribution < -0.4 is 11.5 Å². The van der Waals surface area contributed by atoms with E-state index in [0.29, 0.717) is 34.2 Å². The molecule has 0 saturated carbocycles. The molecule has 0 aliphatic rings. The monoisotopic (exact) mass is 385 g/mol. The molecule has 6 heteroatoms. The smallest absolute Gasteiger partial charge is 0.408 e. The van der Waals surface area contributed by atoms with Crippen LogP contribution in [-0.2, 0) is 6.42 Å². The first-order valence-corrected chi connectivity index (χ1v) is 9.20. The molecule has 0 radical (unpaired) electrons. The summed E-state index contributed by atoms with van der Waals surface area (Å²) in [5.41, 5.74) is 10.4. The van der Waals surface area contributed by atoms with E-state index in [2.05, 4.69) is 4.98 Å². The molecule has 1 aromatic heterocycles. The molecule has 4 N–H and O–H groups in total. The molecule has 0 fully saturated rings. The Morgan fingerprint density at radius 2 is 1.66 bits per heavy atom. The Balaban J connectivity index is 1.54. The number of nitrogens with two attached hydrogens (primary N) is 1. The Morgan fingerprint density at radius 1 is 0.966 bits per heavy atom. The van der Waals surface area contributed by atoms with Crippen LogP contribution in [0.3, 0.4) is 0 Å². The zero-order valence-corrected chi connectivity index (χ0v) is 15.6. The van der Waals surface area contributed by atoms with Gasteiger partial charge in [0.2, 0.25) is 0 Å². The molecule has 29 heavy (non-hydrogen) atoms. The summed E-state index contributed by atoms with van der Waals surface area (Å²) in [5, 5.41) is 7.64. The van der Waals surface area contributed by atoms with Crippen LogP contribution in [0.25, 0.3) is 22.2 Å². The molecule has 0 saturated heterocycles. The number of carbonyl (C=O) groups is 1. The van der Waals surface area contributed by atoms with Crippen LogP contribution in [0, 0.1) is 5.41 Å². The topological polar surface area (TPSA) is 113 Å². The number of Topliss-reactive ketones (excluding diaryl/α,β-unsaturated/α-hetero) is 1. The third-order valence-electron chi connectivity index (χ3n) is 4.86. The number of benzene rings is 3. The maximum atomic E-state index is 12.7. The lowest BCUT2D eigenvalue weighted by molar-refractivity contribution is 0.0983. The summed E-state index contributed by atoms with van der Waals surface area (Å²) in [6, 6.07) is 20.7. The lowest BCUT2D eigenvalue weighted by atomic mass is 9.98. The molecule has 144 valence electrons. The molecular formula is C23H19N3O3. The van der Waals surface area contributed by atoms with E-state index in [1.54, 1.807) is 12.1 Å². The van der Waals surface area contributed by atoms with E-state index in [-0.39, 0.29) is 18.0 Å². The second-order valence-electron chi connectivity index (χ2n) is 6.80. The van der Waals surface area contributed by atoms with E-state index < -0.39 is 5.76 Å². The van der Waals surface area contributed by atoms with Crippen molar-refractivity contribution in [3.63, 3.8) is 0 Å². The first-order valence-electron chi connectivity index (χ1n) is 9.20. The molecule has 3 aromatic carbocycles. The van der Waals surface area contributed by atoms with Gasteiger partial charge in [-0.15, -0.1) is 0 Å². The number of H-pyrrole nitrogens is 1. The third-order valence-corrected chi connectivity index (χ3v) is 4.86. The summed E-state index contributed by atoms with van der Waals surface area (Å²) in [4.78, 5) is 26.9. The first-order chi connectivity index (χ1) is 14.0. The normalized spacial score (nSPS) is 10.9. The Morgan fingerprint density at radius 3 is 2.34 bits per heavy atom. The fourth-order valence-electron chi connectivity index (χ4n) is 3.35. The number of aromatic amines is 1. The molecule has 6 nitrogen and oxygen atoms in total. The van der Waals surface area contributed by atoms with Crippen molar-refractivity contribution in [3.05, 3.63) is 94.0 Å². The van der Waals surface area contributed by atoms with E-state index in [0.717, 1.165) is 11.1 Å². The number of nitrogen functional groups attached to an aromatic ring is 1. The van der Waals surface area contributed by atoms with Crippen molar-refractivity contribution in [3.8, 4) is 11.1 Å². The third kappa shape index (κ3) is 3.87. The highest BCUT2D eigenvalue weighted by atomic mass is 16.4. The summed E-state index contributed by atoms with van der Waals surface area (Å²) in [6.07, 6.45) is 0.653. The molecule has 0 bridgehead atoms. The number of fused-ring (bicyclic) bond motifs is 1. The van der Waals surface area contributed by atoms with Gasteiger partial charge in [-0.05, 0) is 35.2 Å². The highest BCUT2D eigenvalue weighted by Crippen LogP contribution is 2.22. The summed E-state index contributed by atoms with van der Waals surface area (Å²) in [7, 11) is 0. The van der Waals surface area contributed by atoms with E-state index in [1.807, 2.05) is 54.6 Å². The Kier molecular flexibility index (Phi) is 4.83. The zero-order chi connectivity index (χ0) is 20.4. The van der Waals surface area contributed by atoms with Crippen LogP contribution >= 0.6 is 0 Å². The molecular weight excluding hydrogens is 366 g/mol. The number of ketones is 1. The quantitative estimate of drug-likeness (QED) is 0.265. The van der Waals surface area contributed by atoms with Gasteiger partial charge in [-0.3, -0.25) is 15.2 Å². The van der Waals surface area contributed by atoms with Crippen molar-refractivity contribution in [2.45, 2.75) is 12.8 Å². The van der Waals surface area contributed by atoms with Crippen molar-refractivity contribution < 1.29 is 9.21 Å². The van der Waals surface area contributed by atoms with Gasteiger partial charge in [0, 0.05) is 17.5 Å². The minimum atomic E-state index is -0.579. The lowest BCUT2D eigenvalue weighted by Gasteiger charge is -2.07. The Labute approximate surface area is 166 Å². The lowest BCUT2D eigenvalue weighted by Crippen LogP contribution is -2.11. The van der Waals surface area contributed by atoms with Crippen LogP contribution in [0.5, 0.6) is 0 Å². The number of oxazole rings is 1.